The van der Waals surface area contributed by atoms with E-state index in [2.05, 4.69) is 26.6 Å². The van der Waals surface area contributed by atoms with Crippen LogP contribution in [0.1, 0.15) is 22.3 Å². The molecule has 1 atom stereocenters. The maximum Gasteiger partial charge on any atom is 0.251 e. The highest BCUT2D eigenvalue weighted by molar-refractivity contribution is 9.10. The van der Waals surface area contributed by atoms with E-state index in [0.29, 0.717) is 0 Å². The average Bonchev–Trinajstić information content (AvgIpc) is 2.74. The van der Waals surface area contributed by atoms with Gasteiger partial charge < -0.3 is 10.6 Å². The second-order valence-corrected chi connectivity index (χ2v) is 4.93. The molecule has 1 saturated heterocycles. The number of rotatable bonds is 2. The van der Waals surface area contributed by atoms with Gasteiger partial charge in [-0.1, -0.05) is 22.0 Å². The quantitative estimate of drug-likeness (QED) is 0.869. The molecular formula is C12H15BrN2O. The van der Waals surface area contributed by atoms with Gasteiger partial charge in [0.25, 0.3) is 5.91 Å². The summed E-state index contributed by atoms with van der Waals surface area (Å²) in [4.78, 5) is 12.0. The molecule has 0 saturated carbocycles. The summed E-state index contributed by atoms with van der Waals surface area (Å²) in [6, 6.07) is 5.96. The number of benzene rings is 1. The topological polar surface area (TPSA) is 41.1 Å². The summed E-state index contributed by atoms with van der Waals surface area (Å²) in [5.41, 5.74) is 1.74. The monoisotopic (exact) mass is 282 g/mol. The molecule has 0 bridgehead atoms. The zero-order valence-corrected chi connectivity index (χ0v) is 10.8. The number of hydrogen-bond acceptors (Lipinski definition) is 2. The minimum Gasteiger partial charge on any atom is -0.348 e. The minimum atomic E-state index is 0.0208. The Balaban J connectivity index is 2.11. The molecule has 3 nitrogen and oxygen atoms in total. The van der Waals surface area contributed by atoms with Gasteiger partial charge in [-0.25, -0.2) is 0 Å². The number of hydrogen-bond donors (Lipinski definition) is 2. The van der Waals surface area contributed by atoms with E-state index in [4.69, 9.17) is 0 Å². The van der Waals surface area contributed by atoms with Gasteiger partial charge in [-0.05, 0) is 37.6 Å². The molecule has 1 aliphatic rings. The summed E-state index contributed by atoms with van der Waals surface area (Å²) in [6.07, 6.45) is 1.01. The van der Waals surface area contributed by atoms with Gasteiger partial charge in [-0.2, -0.15) is 0 Å². The van der Waals surface area contributed by atoms with E-state index in [1.54, 1.807) is 0 Å². The summed E-state index contributed by atoms with van der Waals surface area (Å²) in [5.74, 6) is 0.0208. The highest BCUT2D eigenvalue weighted by Gasteiger charge is 2.18. The molecule has 2 rings (SSSR count). The second kappa shape index (κ2) is 4.97. The zero-order valence-electron chi connectivity index (χ0n) is 9.22. The van der Waals surface area contributed by atoms with Crippen molar-refractivity contribution in [1.82, 2.24) is 10.6 Å². The molecule has 1 aromatic carbocycles. The fourth-order valence-corrected chi connectivity index (χ4v) is 2.26. The largest absolute Gasteiger partial charge is 0.348 e. The van der Waals surface area contributed by atoms with Crippen LogP contribution in [0.4, 0.5) is 0 Å². The van der Waals surface area contributed by atoms with E-state index in [0.717, 1.165) is 35.1 Å². The number of carbonyl (C=O) groups is 1. The summed E-state index contributed by atoms with van der Waals surface area (Å²) < 4.78 is 0.977. The van der Waals surface area contributed by atoms with Gasteiger partial charge in [0.1, 0.15) is 0 Å². The van der Waals surface area contributed by atoms with Crippen molar-refractivity contribution in [2.75, 3.05) is 13.1 Å². The van der Waals surface area contributed by atoms with Gasteiger partial charge in [0.15, 0.2) is 0 Å². The highest BCUT2D eigenvalue weighted by Crippen LogP contribution is 2.19. The molecule has 86 valence electrons. The normalized spacial score (nSPS) is 19.8. The number of amides is 1. The SMILES string of the molecule is Cc1c(Br)cccc1C(=O)N[C@@H]1CCNC1. The predicted molar refractivity (Wildman–Crippen MR) is 67.6 cm³/mol. The van der Waals surface area contributed by atoms with Crippen LogP contribution in [-0.4, -0.2) is 25.0 Å². The molecule has 1 aliphatic heterocycles. The van der Waals surface area contributed by atoms with E-state index >= 15 is 0 Å². The number of carbonyl (C=O) groups excluding carboxylic acids is 1. The van der Waals surface area contributed by atoms with Crippen molar-refractivity contribution < 1.29 is 4.79 Å². The van der Waals surface area contributed by atoms with Crippen LogP contribution in [0.5, 0.6) is 0 Å². The summed E-state index contributed by atoms with van der Waals surface area (Å²) >= 11 is 3.43. The molecule has 1 fully saturated rings. The lowest BCUT2D eigenvalue weighted by molar-refractivity contribution is 0.0939. The fraction of sp³-hybridized carbons (Fsp3) is 0.417. The zero-order chi connectivity index (χ0) is 11.5. The van der Waals surface area contributed by atoms with Crippen LogP contribution < -0.4 is 10.6 Å². The van der Waals surface area contributed by atoms with Gasteiger partial charge in [0, 0.05) is 22.6 Å². The first-order valence-corrected chi connectivity index (χ1v) is 6.24. The average molecular weight is 283 g/mol. The second-order valence-electron chi connectivity index (χ2n) is 4.08. The van der Waals surface area contributed by atoms with E-state index in [1.165, 1.54) is 0 Å². The van der Waals surface area contributed by atoms with E-state index in [1.807, 2.05) is 25.1 Å². The molecule has 16 heavy (non-hydrogen) atoms. The first-order chi connectivity index (χ1) is 7.68. The van der Waals surface area contributed by atoms with E-state index < -0.39 is 0 Å². The molecule has 1 amide bonds. The third kappa shape index (κ3) is 2.44. The molecule has 0 radical (unpaired) electrons. The molecular weight excluding hydrogens is 268 g/mol. The van der Waals surface area contributed by atoms with Crippen LogP contribution in [0.15, 0.2) is 22.7 Å². The summed E-state index contributed by atoms with van der Waals surface area (Å²) in [6.45, 7) is 3.81. The van der Waals surface area contributed by atoms with Gasteiger partial charge in [0.2, 0.25) is 0 Å². The van der Waals surface area contributed by atoms with Crippen molar-refractivity contribution in [1.29, 1.82) is 0 Å². The maximum atomic E-state index is 12.0. The molecule has 0 aliphatic carbocycles. The molecule has 1 aromatic rings. The Hall–Kier alpha value is -0.870. The first-order valence-electron chi connectivity index (χ1n) is 5.45. The lowest BCUT2D eigenvalue weighted by Gasteiger charge is -2.13. The minimum absolute atomic E-state index is 0.0208. The van der Waals surface area contributed by atoms with Crippen LogP contribution in [0.25, 0.3) is 0 Å². The molecule has 0 aromatic heterocycles. The smallest absolute Gasteiger partial charge is 0.251 e. The number of halogens is 1. The van der Waals surface area contributed by atoms with Gasteiger partial charge in [-0.15, -0.1) is 0 Å². The fourth-order valence-electron chi connectivity index (χ4n) is 1.89. The van der Waals surface area contributed by atoms with Crippen molar-refractivity contribution >= 4 is 21.8 Å². The molecule has 0 unspecified atom stereocenters. The molecule has 4 heteroatoms. The van der Waals surface area contributed by atoms with Crippen LogP contribution in [0.2, 0.25) is 0 Å². The Labute approximate surface area is 104 Å². The van der Waals surface area contributed by atoms with Crippen LogP contribution >= 0.6 is 15.9 Å². The molecule has 2 N–H and O–H groups in total. The predicted octanol–water partition coefficient (Wildman–Crippen LogP) is 1.85. The Morgan fingerprint density at radius 2 is 2.38 bits per heavy atom. The maximum absolute atomic E-state index is 12.0. The van der Waals surface area contributed by atoms with Crippen LogP contribution in [0, 0.1) is 6.92 Å². The molecule has 1 heterocycles. The van der Waals surface area contributed by atoms with Gasteiger partial charge in [-0.3, -0.25) is 4.79 Å². The van der Waals surface area contributed by atoms with E-state index in [-0.39, 0.29) is 11.9 Å². The number of nitrogens with one attached hydrogen (secondary N) is 2. The van der Waals surface area contributed by atoms with E-state index in [9.17, 15) is 4.79 Å². The lowest BCUT2D eigenvalue weighted by atomic mass is 10.1. The van der Waals surface area contributed by atoms with Crippen molar-refractivity contribution in [3.8, 4) is 0 Å². The Morgan fingerprint density at radius 3 is 3.06 bits per heavy atom. The van der Waals surface area contributed by atoms with Gasteiger partial charge in [0.05, 0.1) is 0 Å². The highest BCUT2D eigenvalue weighted by atomic mass is 79.9. The molecule has 0 spiro atoms. The first kappa shape index (κ1) is 11.6. The Morgan fingerprint density at radius 1 is 1.56 bits per heavy atom. The van der Waals surface area contributed by atoms with Crippen LogP contribution in [-0.2, 0) is 0 Å². The summed E-state index contributed by atoms with van der Waals surface area (Å²) in [5, 5.41) is 6.27. The third-order valence-corrected chi connectivity index (χ3v) is 3.77. The lowest BCUT2D eigenvalue weighted by Crippen LogP contribution is -2.36. The standard InChI is InChI=1S/C12H15BrN2O/c1-8-10(3-2-4-11(8)13)12(16)15-9-5-6-14-7-9/h2-4,9,14H,5-7H2,1H3,(H,15,16)/t9-/m1/s1. The summed E-state index contributed by atoms with van der Waals surface area (Å²) in [7, 11) is 0. The van der Waals surface area contributed by atoms with Crippen LogP contribution in [0.3, 0.4) is 0 Å². The Bertz CT molecular complexity index is 400. The Kier molecular flexibility index (Phi) is 3.61. The van der Waals surface area contributed by atoms with Crippen molar-refractivity contribution in [3.63, 3.8) is 0 Å². The third-order valence-electron chi connectivity index (χ3n) is 2.91. The van der Waals surface area contributed by atoms with Gasteiger partial charge >= 0.3 is 0 Å². The van der Waals surface area contributed by atoms with Crippen molar-refractivity contribution in [3.05, 3.63) is 33.8 Å². The van der Waals surface area contributed by atoms with Crippen molar-refractivity contribution in [2.45, 2.75) is 19.4 Å². The van der Waals surface area contributed by atoms with Crippen molar-refractivity contribution in [2.24, 2.45) is 0 Å².